The summed E-state index contributed by atoms with van der Waals surface area (Å²) in [7, 11) is 0. The van der Waals surface area contributed by atoms with Crippen LogP contribution in [0.2, 0.25) is 0 Å². The molecule has 1 aromatic heterocycles. The monoisotopic (exact) mass is 285 g/mol. The molecule has 104 valence electrons. The summed E-state index contributed by atoms with van der Waals surface area (Å²) in [4.78, 5) is 26.6. The van der Waals surface area contributed by atoms with Crippen molar-refractivity contribution in [1.82, 2.24) is 18.5 Å². The Morgan fingerprint density at radius 3 is 2.63 bits per heavy atom. The second-order valence-electron chi connectivity index (χ2n) is 3.90. The van der Waals surface area contributed by atoms with E-state index in [0.29, 0.717) is 38.6 Å². The molecule has 0 unspecified atom stereocenters. The highest BCUT2D eigenvalue weighted by Gasteiger charge is 2.24. The number of hydrogen-bond acceptors (Lipinski definition) is 6. The largest absolute Gasteiger partial charge is 0.450 e. The third kappa shape index (κ3) is 3.53. The number of hydrogen-bond donors (Lipinski definition) is 1. The number of nitrogens with one attached hydrogen (secondary N) is 1. The van der Waals surface area contributed by atoms with Gasteiger partial charge in [0.1, 0.15) is 0 Å². The summed E-state index contributed by atoms with van der Waals surface area (Å²) in [6, 6.07) is -0.226. The molecule has 1 saturated heterocycles. The Bertz CT molecular complexity index is 430. The highest BCUT2D eigenvalue weighted by atomic mass is 32.1. The van der Waals surface area contributed by atoms with Crippen LogP contribution in [-0.2, 0) is 4.74 Å². The third-order valence-corrected chi connectivity index (χ3v) is 3.17. The number of ether oxygens (including phenoxy) is 1. The summed E-state index contributed by atoms with van der Waals surface area (Å²) >= 11 is 1.04. The van der Waals surface area contributed by atoms with Crippen molar-refractivity contribution in [2.24, 2.45) is 0 Å². The Morgan fingerprint density at radius 1 is 1.37 bits per heavy atom. The Labute approximate surface area is 114 Å². The van der Waals surface area contributed by atoms with Crippen LogP contribution < -0.4 is 5.32 Å². The molecule has 8 nitrogen and oxygen atoms in total. The topological polar surface area (TPSA) is 87.7 Å². The highest BCUT2D eigenvalue weighted by molar-refractivity contribution is 6.99. The molecule has 0 aromatic carbocycles. The lowest BCUT2D eigenvalue weighted by molar-refractivity contribution is 0.0868. The van der Waals surface area contributed by atoms with E-state index in [1.54, 1.807) is 16.7 Å². The van der Waals surface area contributed by atoms with E-state index in [0.717, 1.165) is 11.7 Å². The van der Waals surface area contributed by atoms with Gasteiger partial charge in [-0.25, -0.2) is 9.59 Å². The zero-order valence-corrected chi connectivity index (χ0v) is 11.4. The molecule has 1 N–H and O–H groups in total. The predicted octanol–water partition coefficient (Wildman–Crippen LogP) is 0.844. The van der Waals surface area contributed by atoms with Crippen LogP contribution in [0.4, 0.5) is 15.4 Å². The molecule has 2 heterocycles. The highest BCUT2D eigenvalue weighted by Crippen LogP contribution is 2.08. The minimum absolute atomic E-state index is 0.226. The Morgan fingerprint density at radius 2 is 2.05 bits per heavy atom. The first kappa shape index (κ1) is 13.5. The number of urea groups is 1. The number of amides is 3. The quantitative estimate of drug-likeness (QED) is 0.870. The molecule has 1 fully saturated rings. The van der Waals surface area contributed by atoms with Gasteiger partial charge in [0.25, 0.3) is 0 Å². The van der Waals surface area contributed by atoms with E-state index in [-0.39, 0.29) is 12.1 Å². The van der Waals surface area contributed by atoms with Crippen LogP contribution in [0.15, 0.2) is 6.20 Å². The summed E-state index contributed by atoms with van der Waals surface area (Å²) in [5.74, 6) is 0.447. The number of piperazine rings is 1. The maximum atomic E-state index is 11.9. The second kappa shape index (κ2) is 6.32. The van der Waals surface area contributed by atoms with Gasteiger partial charge in [-0.15, -0.1) is 0 Å². The number of carbonyl (C=O) groups excluding carboxylic acids is 2. The first-order chi connectivity index (χ1) is 9.20. The van der Waals surface area contributed by atoms with E-state index in [1.165, 1.54) is 6.20 Å². The van der Waals surface area contributed by atoms with E-state index < -0.39 is 0 Å². The standard InChI is InChI=1S/C10H15N5O3S/c1-2-18-10(17)15-5-3-14(4-6-15)9(16)12-8-7-11-19-13-8/h7H,2-6H2,1H3,(H,12,13,16). The fraction of sp³-hybridized carbons (Fsp3) is 0.600. The van der Waals surface area contributed by atoms with Gasteiger partial charge in [0.15, 0.2) is 5.82 Å². The minimum Gasteiger partial charge on any atom is -0.450 e. The van der Waals surface area contributed by atoms with Gasteiger partial charge in [-0.05, 0) is 6.92 Å². The zero-order chi connectivity index (χ0) is 13.7. The zero-order valence-electron chi connectivity index (χ0n) is 10.5. The van der Waals surface area contributed by atoms with Crippen molar-refractivity contribution in [3.05, 3.63) is 6.20 Å². The van der Waals surface area contributed by atoms with Gasteiger partial charge in [-0.3, -0.25) is 5.32 Å². The Balaban J connectivity index is 1.79. The number of nitrogens with zero attached hydrogens (tertiary/aromatic N) is 4. The smallest absolute Gasteiger partial charge is 0.409 e. The first-order valence-corrected chi connectivity index (χ1v) is 6.69. The molecule has 19 heavy (non-hydrogen) atoms. The van der Waals surface area contributed by atoms with Crippen LogP contribution in [-0.4, -0.2) is 63.5 Å². The van der Waals surface area contributed by atoms with Gasteiger partial charge in [-0.2, -0.15) is 8.75 Å². The van der Waals surface area contributed by atoms with E-state index >= 15 is 0 Å². The van der Waals surface area contributed by atoms with Gasteiger partial charge in [0.2, 0.25) is 0 Å². The van der Waals surface area contributed by atoms with Crippen molar-refractivity contribution in [3.8, 4) is 0 Å². The molecule has 2 rings (SSSR count). The molecule has 0 atom stereocenters. The van der Waals surface area contributed by atoms with Crippen LogP contribution in [0.1, 0.15) is 6.92 Å². The van der Waals surface area contributed by atoms with E-state index in [1.807, 2.05) is 0 Å². The first-order valence-electron chi connectivity index (χ1n) is 5.96. The van der Waals surface area contributed by atoms with Gasteiger partial charge in [0.05, 0.1) is 24.5 Å². The summed E-state index contributed by atoms with van der Waals surface area (Å²) in [6.45, 7) is 4.02. The lowest BCUT2D eigenvalue weighted by Crippen LogP contribution is -2.51. The maximum absolute atomic E-state index is 11.9. The van der Waals surface area contributed by atoms with Crippen LogP contribution in [0, 0.1) is 0 Å². The molecule has 1 aliphatic rings. The van der Waals surface area contributed by atoms with Crippen LogP contribution in [0.5, 0.6) is 0 Å². The fourth-order valence-corrected chi connectivity index (χ4v) is 2.09. The molecule has 0 spiro atoms. The molecule has 1 aromatic rings. The van der Waals surface area contributed by atoms with Crippen LogP contribution in [0.25, 0.3) is 0 Å². The minimum atomic E-state index is -0.328. The molecule has 3 amide bonds. The average Bonchev–Trinajstić information content (AvgIpc) is 2.92. The lowest BCUT2D eigenvalue weighted by Gasteiger charge is -2.33. The van der Waals surface area contributed by atoms with Crippen molar-refractivity contribution >= 4 is 29.7 Å². The van der Waals surface area contributed by atoms with Crippen molar-refractivity contribution in [2.45, 2.75) is 6.92 Å². The summed E-state index contributed by atoms with van der Waals surface area (Å²) in [5.41, 5.74) is 0. The number of rotatable bonds is 2. The van der Waals surface area contributed by atoms with Gasteiger partial charge >= 0.3 is 12.1 Å². The Kier molecular flexibility index (Phi) is 4.50. The van der Waals surface area contributed by atoms with E-state index in [4.69, 9.17) is 4.74 Å². The summed E-state index contributed by atoms with van der Waals surface area (Å²) in [5, 5.41) is 2.65. The average molecular weight is 285 g/mol. The molecule has 0 saturated carbocycles. The predicted molar refractivity (Wildman–Crippen MR) is 69.1 cm³/mol. The fourth-order valence-electron chi connectivity index (χ4n) is 1.72. The SMILES string of the molecule is CCOC(=O)N1CCN(C(=O)Nc2cnsn2)CC1. The summed E-state index contributed by atoms with van der Waals surface area (Å²) in [6.07, 6.45) is 1.17. The number of anilines is 1. The van der Waals surface area contributed by atoms with Crippen LogP contribution >= 0.6 is 11.7 Å². The van der Waals surface area contributed by atoms with Crippen molar-refractivity contribution in [1.29, 1.82) is 0 Å². The third-order valence-electron chi connectivity index (χ3n) is 2.69. The molecule has 1 aliphatic heterocycles. The molecule has 0 aliphatic carbocycles. The van der Waals surface area contributed by atoms with Gasteiger partial charge < -0.3 is 14.5 Å². The van der Waals surface area contributed by atoms with Crippen LogP contribution in [0.3, 0.4) is 0 Å². The lowest BCUT2D eigenvalue weighted by atomic mass is 10.3. The van der Waals surface area contributed by atoms with Crippen molar-refractivity contribution in [3.63, 3.8) is 0 Å². The molecular formula is C10H15N5O3S. The molecule has 0 bridgehead atoms. The molecule has 9 heteroatoms. The second-order valence-corrected chi connectivity index (χ2v) is 4.45. The van der Waals surface area contributed by atoms with E-state index in [2.05, 4.69) is 14.1 Å². The van der Waals surface area contributed by atoms with Gasteiger partial charge in [-0.1, -0.05) is 0 Å². The molecule has 0 radical (unpaired) electrons. The number of carbonyl (C=O) groups is 2. The van der Waals surface area contributed by atoms with Crippen molar-refractivity contribution in [2.75, 3.05) is 38.1 Å². The number of aromatic nitrogens is 2. The normalized spacial score (nSPS) is 15.2. The maximum Gasteiger partial charge on any atom is 0.409 e. The van der Waals surface area contributed by atoms with E-state index in [9.17, 15) is 9.59 Å². The van der Waals surface area contributed by atoms with Gasteiger partial charge in [0, 0.05) is 26.2 Å². The Hall–Kier alpha value is -1.90. The summed E-state index contributed by atoms with van der Waals surface area (Å²) < 4.78 is 12.6. The van der Waals surface area contributed by atoms with Crippen molar-refractivity contribution < 1.29 is 14.3 Å². The molecular weight excluding hydrogens is 270 g/mol.